The fraction of sp³-hybridized carbons (Fsp3) is 0.238. The number of alkyl halides is 3. The third-order valence-electron chi connectivity index (χ3n) is 4.78. The minimum Gasteiger partial charge on any atom is -0.324 e. The highest BCUT2D eigenvalue weighted by molar-refractivity contribution is 8.00. The first-order chi connectivity index (χ1) is 14.7. The van der Waals surface area contributed by atoms with Gasteiger partial charge in [0.25, 0.3) is 0 Å². The predicted molar refractivity (Wildman–Crippen MR) is 112 cm³/mol. The van der Waals surface area contributed by atoms with E-state index in [1.807, 2.05) is 0 Å². The molecule has 0 saturated carbocycles. The standard InChI is InChI=1S/C21H17F3N4O2S/c1-12-10-17(29)25-15-8-4-5-9-16(15)28(12)18(30)11-31-19-13-6-2-3-7-14(13)26-20(27-19)21(22,23)24/h2-9,12H,10-11H2,1H3,(H,25,29). The van der Waals surface area contributed by atoms with Crippen molar-refractivity contribution < 1.29 is 22.8 Å². The van der Waals surface area contributed by atoms with E-state index >= 15 is 0 Å². The van der Waals surface area contributed by atoms with Gasteiger partial charge in [0.15, 0.2) is 0 Å². The summed E-state index contributed by atoms with van der Waals surface area (Å²) >= 11 is 0.919. The van der Waals surface area contributed by atoms with Crippen molar-refractivity contribution in [1.82, 2.24) is 9.97 Å². The van der Waals surface area contributed by atoms with E-state index in [2.05, 4.69) is 15.3 Å². The second-order valence-electron chi connectivity index (χ2n) is 7.04. The van der Waals surface area contributed by atoms with Crippen LogP contribution in [0, 0.1) is 0 Å². The molecule has 0 saturated heterocycles. The van der Waals surface area contributed by atoms with Gasteiger partial charge >= 0.3 is 6.18 Å². The molecule has 10 heteroatoms. The second kappa shape index (κ2) is 8.18. The number of halogens is 3. The van der Waals surface area contributed by atoms with Gasteiger partial charge in [-0.3, -0.25) is 9.59 Å². The number of fused-ring (bicyclic) bond motifs is 2. The number of nitrogens with zero attached hydrogens (tertiary/aromatic N) is 3. The Morgan fingerprint density at radius 3 is 2.65 bits per heavy atom. The summed E-state index contributed by atoms with van der Waals surface area (Å²) < 4.78 is 39.7. The molecule has 2 amide bonds. The number of thioether (sulfide) groups is 1. The lowest BCUT2D eigenvalue weighted by Crippen LogP contribution is -2.40. The van der Waals surface area contributed by atoms with Gasteiger partial charge in [0.05, 0.1) is 22.6 Å². The predicted octanol–water partition coefficient (Wildman–Crippen LogP) is 4.50. The summed E-state index contributed by atoms with van der Waals surface area (Å²) in [4.78, 5) is 34.0. The fourth-order valence-electron chi connectivity index (χ4n) is 3.45. The van der Waals surface area contributed by atoms with Gasteiger partial charge in [-0.15, -0.1) is 0 Å². The van der Waals surface area contributed by atoms with Crippen LogP contribution in [0.1, 0.15) is 19.2 Å². The van der Waals surface area contributed by atoms with E-state index in [9.17, 15) is 22.8 Å². The highest BCUT2D eigenvalue weighted by atomic mass is 32.2. The van der Waals surface area contributed by atoms with E-state index in [4.69, 9.17) is 0 Å². The van der Waals surface area contributed by atoms with E-state index in [-0.39, 0.29) is 34.5 Å². The normalized spacial score (nSPS) is 16.6. The Labute approximate surface area is 179 Å². The van der Waals surface area contributed by atoms with Crippen LogP contribution in [0.15, 0.2) is 53.6 Å². The van der Waals surface area contributed by atoms with Crippen LogP contribution in [-0.4, -0.2) is 33.6 Å². The molecule has 2 aromatic carbocycles. The zero-order chi connectivity index (χ0) is 22.2. The zero-order valence-corrected chi connectivity index (χ0v) is 17.1. The molecule has 160 valence electrons. The van der Waals surface area contributed by atoms with E-state index < -0.39 is 18.0 Å². The van der Waals surface area contributed by atoms with Crippen LogP contribution in [0.4, 0.5) is 24.5 Å². The van der Waals surface area contributed by atoms with Crippen molar-refractivity contribution in [2.45, 2.75) is 30.6 Å². The summed E-state index contributed by atoms with van der Waals surface area (Å²) in [5, 5.41) is 3.29. The summed E-state index contributed by atoms with van der Waals surface area (Å²) in [5.41, 5.74) is 1.22. The molecule has 0 aliphatic carbocycles. The number of anilines is 2. The average molecular weight is 446 g/mol. The number of benzene rings is 2. The Hall–Kier alpha value is -3.14. The molecule has 1 aliphatic heterocycles. The van der Waals surface area contributed by atoms with Crippen LogP contribution >= 0.6 is 11.8 Å². The number of nitrogens with one attached hydrogen (secondary N) is 1. The molecule has 1 unspecified atom stereocenters. The highest BCUT2D eigenvalue weighted by Gasteiger charge is 2.36. The SMILES string of the molecule is CC1CC(=O)Nc2ccccc2N1C(=O)CSc1nc(C(F)(F)F)nc2ccccc12. The third kappa shape index (κ3) is 4.34. The Kier molecular flexibility index (Phi) is 5.57. The number of hydrogen-bond donors (Lipinski definition) is 1. The van der Waals surface area contributed by atoms with Crippen LogP contribution in [-0.2, 0) is 15.8 Å². The molecule has 0 radical (unpaired) electrons. The maximum absolute atomic E-state index is 13.2. The van der Waals surface area contributed by atoms with Crippen molar-refractivity contribution in [3.8, 4) is 0 Å². The van der Waals surface area contributed by atoms with Gasteiger partial charge in [-0.25, -0.2) is 9.97 Å². The minimum atomic E-state index is -4.70. The average Bonchev–Trinajstić information content (AvgIpc) is 2.85. The number of para-hydroxylation sites is 3. The Bertz CT molecular complexity index is 1170. The van der Waals surface area contributed by atoms with E-state index in [0.29, 0.717) is 16.8 Å². The third-order valence-corrected chi connectivity index (χ3v) is 5.76. The number of hydrogen-bond acceptors (Lipinski definition) is 5. The summed E-state index contributed by atoms with van der Waals surface area (Å²) in [7, 11) is 0. The van der Waals surface area contributed by atoms with Gasteiger partial charge in [0.1, 0.15) is 5.03 Å². The smallest absolute Gasteiger partial charge is 0.324 e. The molecular weight excluding hydrogens is 429 g/mol. The van der Waals surface area contributed by atoms with Gasteiger partial charge in [-0.2, -0.15) is 13.2 Å². The Balaban J connectivity index is 1.65. The molecule has 31 heavy (non-hydrogen) atoms. The lowest BCUT2D eigenvalue weighted by atomic mass is 10.2. The van der Waals surface area contributed by atoms with Crippen LogP contribution in [0.2, 0.25) is 0 Å². The molecule has 1 atom stereocenters. The van der Waals surface area contributed by atoms with Crippen LogP contribution < -0.4 is 10.2 Å². The van der Waals surface area contributed by atoms with E-state index in [1.165, 1.54) is 11.0 Å². The first kappa shape index (κ1) is 21.1. The van der Waals surface area contributed by atoms with Crippen molar-refractivity contribution in [2.24, 2.45) is 0 Å². The van der Waals surface area contributed by atoms with Crippen LogP contribution in [0.5, 0.6) is 0 Å². The van der Waals surface area contributed by atoms with Gasteiger partial charge in [-0.05, 0) is 25.1 Å². The number of carbonyl (C=O) groups excluding carboxylic acids is 2. The van der Waals surface area contributed by atoms with E-state index in [1.54, 1.807) is 49.4 Å². The largest absolute Gasteiger partial charge is 0.451 e. The highest BCUT2D eigenvalue weighted by Crippen LogP contribution is 2.34. The van der Waals surface area contributed by atoms with Crippen molar-refractivity contribution in [2.75, 3.05) is 16.0 Å². The maximum atomic E-state index is 13.2. The van der Waals surface area contributed by atoms with Crippen LogP contribution in [0.3, 0.4) is 0 Å². The molecule has 0 fully saturated rings. The molecule has 3 aromatic rings. The summed E-state index contributed by atoms with van der Waals surface area (Å²) in [6.45, 7) is 1.76. The molecule has 1 N–H and O–H groups in total. The lowest BCUT2D eigenvalue weighted by molar-refractivity contribution is -0.145. The van der Waals surface area contributed by atoms with Gasteiger partial charge < -0.3 is 10.2 Å². The monoisotopic (exact) mass is 446 g/mol. The van der Waals surface area contributed by atoms with Crippen molar-refractivity contribution >= 4 is 45.9 Å². The van der Waals surface area contributed by atoms with Gasteiger partial charge in [-0.1, -0.05) is 42.1 Å². The van der Waals surface area contributed by atoms with E-state index in [0.717, 1.165) is 11.8 Å². The minimum absolute atomic E-state index is 0.0798. The summed E-state index contributed by atoms with van der Waals surface area (Å²) in [5.74, 6) is -1.94. The molecule has 6 nitrogen and oxygen atoms in total. The molecule has 2 heterocycles. The number of rotatable bonds is 3. The van der Waals surface area contributed by atoms with Gasteiger partial charge in [0.2, 0.25) is 17.6 Å². The Morgan fingerprint density at radius 2 is 1.87 bits per heavy atom. The zero-order valence-electron chi connectivity index (χ0n) is 16.3. The topological polar surface area (TPSA) is 75.2 Å². The second-order valence-corrected chi connectivity index (χ2v) is 8.00. The number of aromatic nitrogens is 2. The van der Waals surface area contributed by atoms with Crippen molar-refractivity contribution in [3.05, 3.63) is 54.4 Å². The van der Waals surface area contributed by atoms with Crippen LogP contribution in [0.25, 0.3) is 10.9 Å². The first-order valence-corrected chi connectivity index (χ1v) is 10.4. The Morgan fingerprint density at radius 1 is 1.16 bits per heavy atom. The quantitative estimate of drug-likeness (QED) is 0.474. The number of carbonyl (C=O) groups is 2. The van der Waals surface area contributed by atoms with Crippen molar-refractivity contribution in [1.29, 1.82) is 0 Å². The van der Waals surface area contributed by atoms with Crippen molar-refractivity contribution in [3.63, 3.8) is 0 Å². The summed E-state index contributed by atoms with van der Waals surface area (Å²) in [6.07, 6.45) is -4.59. The fourth-order valence-corrected chi connectivity index (χ4v) is 4.33. The molecule has 0 bridgehead atoms. The molecule has 1 aliphatic rings. The molecule has 4 rings (SSSR count). The molecule has 0 spiro atoms. The molecule has 1 aromatic heterocycles. The summed E-state index contributed by atoms with van der Waals surface area (Å²) in [6, 6.07) is 12.9. The maximum Gasteiger partial charge on any atom is 0.451 e. The number of amides is 2. The van der Waals surface area contributed by atoms with Gasteiger partial charge in [0, 0.05) is 17.8 Å². The molecular formula is C21H17F3N4O2S. The first-order valence-electron chi connectivity index (χ1n) is 9.42. The lowest BCUT2D eigenvalue weighted by Gasteiger charge is -2.27.